The third kappa shape index (κ3) is 4.41. The van der Waals surface area contributed by atoms with E-state index in [2.05, 4.69) is 11.8 Å². The van der Waals surface area contributed by atoms with Gasteiger partial charge in [0.1, 0.15) is 4.34 Å². The molecule has 23 heavy (non-hydrogen) atoms. The lowest BCUT2D eigenvalue weighted by atomic mass is 9.94. The molecule has 6 heteroatoms. The van der Waals surface area contributed by atoms with Gasteiger partial charge in [-0.3, -0.25) is 4.79 Å². The summed E-state index contributed by atoms with van der Waals surface area (Å²) >= 11 is 13.4. The Labute approximate surface area is 152 Å². The van der Waals surface area contributed by atoms with Crippen LogP contribution in [0.25, 0.3) is 0 Å². The Kier molecular flexibility index (Phi) is 5.89. The van der Waals surface area contributed by atoms with E-state index in [1.165, 1.54) is 43.7 Å². The Morgan fingerprint density at radius 3 is 2.65 bits per heavy atom. The van der Waals surface area contributed by atoms with Gasteiger partial charge in [-0.1, -0.05) is 30.1 Å². The maximum absolute atomic E-state index is 12.7. The lowest BCUT2D eigenvalue weighted by Crippen LogP contribution is -2.45. The summed E-state index contributed by atoms with van der Waals surface area (Å²) in [4.78, 5) is 17.2. The molecular weight excluding hydrogens is 351 g/mol. The van der Waals surface area contributed by atoms with Gasteiger partial charge in [-0.15, -0.1) is 11.3 Å². The molecule has 3 heterocycles. The SMILES string of the molecule is CC1CCN(CC2CCCN(C(=O)c3cc(Cl)sc3Cl)C2)CC1. The number of likely N-dealkylation sites (tertiary alicyclic amines) is 2. The van der Waals surface area contributed by atoms with Gasteiger partial charge in [-0.25, -0.2) is 0 Å². The molecule has 3 nitrogen and oxygen atoms in total. The predicted molar refractivity (Wildman–Crippen MR) is 97.8 cm³/mol. The van der Waals surface area contributed by atoms with Crippen molar-refractivity contribution in [2.24, 2.45) is 11.8 Å². The molecule has 0 saturated carbocycles. The van der Waals surface area contributed by atoms with Gasteiger partial charge < -0.3 is 9.80 Å². The van der Waals surface area contributed by atoms with Crippen LogP contribution in [0.2, 0.25) is 8.67 Å². The van der Waals surface area contributed by atoms with Crippen LogP contribution >= 0.6 is 34.5 Å². The molecule has 2 saturated heterocycles. The highest BCUT2D eigenvalue weighted by atomic mass is 35.5. The number of piperidine rings is 2. The Bertz CT molecular complexity index is 555. The second-order valence-corrected chi connectivity index (χ2v) is 9.27. The van der Waals surface area contributed by atoms with E-state index in [9.17, 15) is 4.79 Å². The molecule has 0 bridgehead atoms. The maximum atomic E-state index is 12.7. The summed E-state index contributed by atoms with van der Waals surface area (Å²) in [6, 6.07) is 1.70. The van der Waals surface area contributed by atoms with E-state index >= 15 is 0 Å². The first-order valence-electron chi connectivity index (χ1n) is 8.49. The first-order chi connectivity index (χ1) is 11.0. The number of hydrogen-bond acceptors (Lipinski definition) is 3. The molecule has 2 aliphatic heterocycles. The van der Waals surface area contributed by atoms with Gasteiger partial charge in [-0.05, 0) is 56.7 Å². The molecule has 0 radical (unpaired) electrons. The Morgan fingerprint density at radius 2 is 2.00 bits per heavy atom. The smallest absolute Gasteiger partial charge is 0.256 e. The number of halogens is 2. The van der Waals surface area contributed by atoms with Crippen LogP contribution in [-0.2, 0) is 0 Å². The summed E-state index contributed by atoms with van der Waals surface area (Å²) in [5.74, 6) is 1.48. The number of thiophene rings is 1. The first kappa shape index (κ1) is 17.5. The van der Waals surface area contributed by atoms with Crippen molar-refractivity contribution in [3.05, 3.63) is 20.3 Å². The summed E-state index contributed by atoms with van der Waals surface area (Å²) in [5.41, 5.74) is 0.564. The minimum absolute atomic E-state index is 0.0371. The minimum atomic E-state index is 0.0371. The van der Waals surface area contributed by atoms with E-state index in [0.717, 1.165) is 32.0 Å². The molecule has 1 amide bonds. The van der Waals surface area contributed by atoms with Gasteiger partial charge in [0.25, 0.3) is 5.91 Å². The van der Waals surface area contributed by atoms with E-state index in [4.69, 9.17) is 23.2 Å². The summed E-state index contributed by atoms with van der Waals surface area (Å²) < 4.78 is 1.08. The largest absolute Gasteiger partial charge is 0.338 e. The molecule has 128 valence electrons. The van der Waals surface area contributed by atoms with E-state index in [1.807, 2.05) is 4.90 Å². The molecular formula is C17H24Cl2N2OS. The summed E-state index contributed by atoms with van der Waals surface area (Å²) in [6.45, 7) is 7.54. The van der Waals surface area contributed by atoms with Crippen molar-refractivity contribution in [3.63, 3.8) is 0 Å². The Balaban J connectivity index is 1.57. The number of rotatable bonds is 3. The van der Waals surface area contributed by atoms with Crippen LogP contribution in [0.15, 0.2) is 6.07 Å². The van der Waals surface area contributed by atoms with Crippen molar-refractivity contribution in [3.8, 4) is 0 Å². The molecule has 0 spiro atoms. The zero-order valence-electron chi connectivity index (χ0n) is 13.6. The molecule has 1 aromatic rings. The van der Waals surface area contributed by atoms with Gasteiger partial charge in [0.05, 0.1) is 9.90 Å². The standard InChI is InChI=1S/C17H24Cl2N2OS/c1-12-4-7-20(8-5-12)10-13-3-2-6-21(11-13)17(22)14-9-15(18)23-16(14)19/h9,12-13H,2-8,10-11H2,1H3. The molecule has 1 unspecified atom stereocenters. The maximum Gasteiger partial charge on any atom is 0.256 e. The van der Waals surface area contributed by atoms with Crippen molar-refractivity contribution in [1.82, 2.24) is 9.80 Å². The molecule has 0 aromatic carbocycles. The first-order valence-corrected chi connectivity index (χ1v) is 10.1. The minimum Gasteiger partial charge on any atom is -0.338 e. The van der Waals surface area contributed by atoms with E-state index in [1.54, 1.807) is 6.07 Å². The average Bonchev–Trinajstić information content (AvgIpc) is 2.88. The van der Waals surface area contributed by atoms with Gasteiger partial charge in [0.15, 0.2) is 0 Å². The second kappa shape index (κ2) is 7.73. The van der Waals surface area contributed by atoms with Crippen molar-refractivity contribution >= 4 is 40.4 Å². The topological polar surface area (TPSA) is 23.6 Å². The summed E-state index contributed by atoms with van der Waals surface area (Å²) in [6.07, 6.45) is 4.90. The third-order valence-electron chi connectivity index (χ3n) is 5.09. The number of carbonyl (C=O) groups is 1. The molecule has 0 N–H and O–H groups in total. The molecule has 1 aromatic heterocycles. The number of hydrogen-bond donors (Lipinski definition) is 0. The monoisotopic (exact) mass is 374 g/mol. The molecule has 3 rings (SSSR count). The molecule has 2 aliphatic rings. The van der Waals surface area contributed by atoms with Crippen molar-refractivity contribution in [2.45, 2.75) is 32.6 Å². The average molecular weight is 375 g/mol. The lowest BCUT2D eigenvalue weighted by molar-refractivity contribution is 0.0623. The van der Waals surface area contributed by atoms with Crippen molar-refractivity contribution in [2.75, 3.05) is 32.7 Å². The highest BCUT2D eigenvalue weighted by Gasteiger charge is 2.28. The quantitative estimate of drug-likeness (QED) is 0.769. The van der Waals surface area contributed by atoms with Crippen LogP contribution in [0, 0.1) is 11.8 Å². The van der Waals surface area contributed by atoms with Crippen molar-refractivity contribution < 1.29 is 4.79 Å². The van der Waals surface area contributed by atoms with Gasteiger partial charge in [0.2, 0.25) is 0 Å². The van der Waals surface area contributed by atoms with Crippen LogP contribution in [-0.4, -0.2) is 48.4 Å². The van der Waals surface area contributed by atoms with Crippen LogP contribution in [0.3, 0.4) is 0 Å². The van der Waals surface area contributed by atoms with Gasteiger partial charge in [0, 0.05) is 19.6 Å². The zero-order chi connectivity index (χ0) is 16.4. The fourth-order valence-corrected chi connectivity index (χ4v) is 5.11. The van der Waals surface area contributed by atoms with Crippen LogP contribution < -0.4 is 0 Å². The predicted octanol–water partition coefficient (Wildman–Crippen LogP) is 4.64. The highest BCUT2D eigenvalue weighted by molar-refractivity contribution is 7.20. The Morgan fingerprint density at radius 1 is 1.26 bits per heavy atom. The van der Waals surface area contributed by atoms with Crippen LogP contribution in [0.5, 0.6) is 0 Å². The fourth-order valence-electron chi connectivity index (χ4n) is 3.66. The number of nitrogens with zero attached hydrogens (tertiary/aromatic N) is 2. The van der Waals surface area contributed by atoms with Gasteiger partial charge >= 0.3 is 0 Å². The second-order valence-electron chi connectivity index (χ2n) is 6.98. The zero-order valence-corrected chi connectivity index (χ0v) is 15.9. The lowest BCUT2D eigenvalue weighted by Gasteiger charge is -2.37. The van der Waals surface area contributed by atoms with E-state index in [-0.39, 0.29) is 5.91 Å². The van der Waals surface area contributed by atoms with Crippen LogP contribution in [0.1, 0.15) is 43.0 Å². The Hall–Kier alpha value is -0.290. The van der Waals surface area contributed by atoms with Crippen molar-refractivity contribution in [1.29, 1.82) is 0 Å². The number of carbonyl (C=O) groups excluding carboxylic acids is 1. The molecule has 1 atom stereocenters. The van der Waals surface area contributed by atoms with E-state index < -0.39 is 0 Å². The summed E-state index contributed by atoms with van der Waals surface area (Å²) in [7, 11) is 0. The molecule has 2 fully saturated rings. The third-order valence-corrected chi connectivity index (χ3v) is 6.57. The highest BCUT2D eigenvalue weighted by Crippen LogP contribution is 2.33. The summed E-state index contributed by atoms with van der Waals surface area (Å²) in [5, 5.41) is 0. The molecule has 0 aliphatic carbocycles. The van der Waals surface area contributed by atoms with Crippen LogP contribution in [0.4, 0.5) is 0 Å². The fraction of sp³-hybridized carbons (Fsp3) is 0.706. The van der Waals surface area contributed by atoms with Gasteiger partial charge in [-0.2, -0.15) is 0 Å². The van der Waals surface area contributed by atoms with E-state index in [0.29, 0.717) is 20.2 Å². The number of amides is 1. The normalized spacial score (nSPS) is 24.1.